The van der Waals surface area contributed by atoms with E-state index in [0.29, 0.717) is 5.92 Å². The van der Waals surface area contributed by atoms with Crippen molar-refractivity contribution in [2.45, 2.75) is 45.6 Å². The molecule has 0 bridgehead atoms. The number of amides is 1. The molecule has 2 atom stereocenters. The topological polar surface area (TPSA) is 32.3 Å². The van der Waals surface area contributed by atoms with Gasteiger partial charge in [-0.2, -0.15) is 0 Å². The highest BCUT2D eigenvalue weighted by molar-refractivity contribution is 5.95. The van der Waals surface area contributed by atoms with Crippen LogP contribution in [0.25, 0.3) is 0 Å². The minimum atomic E-state index is -0.0130. The van der Waals surface area contributed by atoms with Gasteiger partial charge in [0.2, 0.25) is 5.91 Å². The molecule has 0 aliphatic carbocycles. The first-order valence-electron chi connectivity index (χ1n) is 10.3. The van der Waals surface area contributed by atoms with Crippen molar-refractivity contribution >= 4 is 11.6 Å². The van der Waals surface area contributed by atoms with Gasteiger partial charge in [-0.15, -0.1) is 0 Å². The maximum Gasteiger partial charge on any atom is 0.229 e. The summed E-state index contributed by atoms with van der Waals surface area (Å²) in [6.45, 7) is 6.09. The molecular formula is C24H32N2O. The van der Waals surface area contributed by atoms with Gasteiger partial charge in [-0.25, -0.2) is 0 Å². The van der Waals surface area contributed by atoms with E-state index in [-0.39, 0.29) is 17.9 Å². The molecule has 0 radical (unpaired) electrons. The lowest BCUT2D eigenvalue weighted by atomic mass is 9.86. The number of carbonyl (C=O) groups excluding carboxylic acids is 1. The Labute approximate surface area is 163 Å². The van der Waals surface area contributed by atoms with Crippen LogP contribution < -0.4 is 10.2 Å². The van der Waals surface area contributed by atoms with E-state index in [0.717, 1.165) is 31.6 Å². The molecule has 2 aromatic rings. The summed E-state index contributed by atoms with van der Waals surface area (Å²) in [6, 6.07) is 21.1. The van der Waals surface area contributed by atoms with E-state index >= 15 is 0 Å². The lowest BCUT2D eigenvalue weighted by molar-refractivity contribution is -0.122. The molecule has 0 spiro atoms. The molecule has 1 aliphatic heterocycles. The fraction of sp³-hybridized carbons (Fsp3) is 0.458. The van der Waals surface area contributed by atoms with Crippen molar-refractivity contribution in [1.82, 2.24) is 5.32 Å². The van der Waals surface area contributed by atoms with Crippen LogP contribution in [0, 0.1) is 11.8 Å². The zero-order valence-corrected chi connectivity index (χ0v) is 16.6. The van der Waals surface area contributed by atoms with Gasteiger partial charge in [-0.1, -0.05) is 62.4 Å². The van der Waals surface area contributed by atoms with Crippen LogP contribution in [0.1, 0.15) is 38.7 Å². The van der Waals surface area contributed by atoms with E-state index in [4.69, 9.17) is 0 Å². The Kier molecular flexibility index (Phi) is 7.05. The average molecular weight is 365 g/mol. The number of benzene rings is 2. The van der Waals surface area contributed by atoms with Crippen molar-refractivity contribution in [3.63, 3.8) is 0 Å². The molecule has 3 rings (SSSR count). The third-order valence-corrected chi connectivity index (χ3v) is 5.55. The highest BCUT2D eigenvalue weighted by Crippen LogP contribution is 2.29. The van der Waals surface area contributed by atoms with Crippen molar-refractivity contribution in [2.75, 3.05) is 18.0 Å². The molecule has 1 fully saturated rings. The van der Waals surface area contributed by atoms with Crippen LogP contribution in [-0.4, -0.2) is 25.0 Å². The monoisotopic (exact) mass is 364 g/mol. The van der Waals surface area contributed by atoms with Gasteiger partial charge < -0.3 is 10.2 Å². The molecule has 1 amide bonds. The number of para-hydroxylation sites is 1. The van der Waals surface area contributed by atoms with Crippen LogP contribution in [-0.2, 0) is 11.2 Å². The molecular weight excluding hydrogens is 332 g/mol. The summed E-state index contributed by atoms with van der Waals surface area (Å²) >= 11 is 0. The van der Waals surface area contributed by atoms with Crippen LogP contribution in [0.5, 0.6) is 0 Å². The molecule has 2 unspecified atom stereocenters. The molecule has 2 aromatic carbocycles. The van der Waals surface area contributed by atoms with Crippen molar-refractivity contribution in [2.24, 2.45) is 11.8 Å². The van der Waals surface area contributed by atoms with Crippen molar-refractivity contribution in [3.05, 3.63) is 66.2 Å². The third-order valence-electron chi connectivity index (χ3n) is 5.55. The van der Waals surface area contributed by atoms with E-state index in [2.05, 4.69) is 52.7 Å². The van der Waals surface area contributed by atoms with E-state index in [1.54, 1.807) is 0 Å². The quantitative estimate of drug-likeness (QED) is 0.774. The number of hydrogen-bond acceptors (Lipinski definition) is 2. The highest BCUT2D eigenvalue weighted by atomic mass is 16.2. The van der Waals surface area contributed by atoms with Crippen LogP contribution in [0.3, 0.4) is 0 Å². The Hall–Kier alpha value is -2.13. The minimum Gasteiger partial charge on any atom is -0.316 e. The Morgan fingerprint density at radius 3 is 2.33 bits per heavy atom. The molecule has 27 heavy (non-hydrogen) atoms. The van der Waals surface area contributed by atoms with Gasteiger partial charge in [-0.3, -0.25) is 4.79 Å². The lowest BCUT2D eigenvalue weighted by Gasteiger charge is -2.40. The second kappa shape index (κ2) is 9.70. The summed E-state index contributed by atoms with van der Waals surface area (Å²) in [5, 5.41) is 3.55. The Bertz CT molecular complexity index is 693. The first-order chi connectivity index (χ1) is 13.2. The summed E-state index contributed by atoms with van der Waals surface area (Å²) in [5.74, 6) is 0.705. The normalized spacial score (nSPS) is 18.3. The van der Waals surface area contributed by atoms with E-state index < -0.39 is 0 Å². The molecule has 1 N–H and O–H groups in total. The molecule has 0 saturated carbocycles. The van der Waals surface area contributed by atoms with Crippen LogP contribution in [0.4, 0.5) is 5.69 Å². The van der Waals surface area contributed by atoms with Gasteiger partial charge in [0.05, 0.1) is 0 Å². The maximum absolute atomic E-state index is 13.2. The minimum absolute atomic E-state index is 0.0130. The first-order valence-corrected chi connectivity index (χ1v) is 10.3. The Morgan fingerprint density at radius 2 is 1.74 bits per heavy atom. The van der Waals surface area contributed by atoms with E-state index in [9.17, 15) is 4.79 Å². The zero-order valence-electron chi connectivity index (χ0n) is 16.6. The largest absolute Gasteiger partial charge is 0.316 e. The molecule has 3 nitrogen and oxygen atoms in total. The smallest absolute Gasteiger partial charge is 0.229 e. The average Bonchev–Trinajstić information content (AvgIpc) is 2.72. The molecule has 1 aliphatic rings. The summed E-state index contributed by atoms with van der Waals surface area (Å²) in [7, 11) is 0. The van der Waals surface area contributed by atoms with Crippen molar-refractivity contribution in [1.29, 1.82) is 0 Å². The fourth-order valence-corrected chi connectivity index (χ4v) is 4.09. The number of hydrogen-bond donors (Lipinski definition) is 1. The lowest BCUT2D eigenvalue weighted by Crippen LogP contribution is -2.50. The summed E-state index contributed by atoms with van der Waals surface area (Å²) < 4.78 is 0. The number of anilines is 1. The highest BCUT2D eigenvalue weighted by Gasteiger charge is 2.33. The van der Waals surface area contributed by atoms with Crippen LogP contribution in [0.15, 0.2) is 60.7 Å². The summed E-state index contributed by atoms with van der Waals surface area (Å²) in [4.78, 5) is 15.3. The van der Waals surface area contributed by atoms with E-state index in [1.165, 1.54) is 18.4 Å². The number of aryl methyl sites for hydroxylation is 1. The zero-order chi connectivity index (χ0) is 19.1. The van der Waals surface area contributed by atoms with Gasteiger partial charge in [0.15, 0.2) is 0 Å². The number of carbonyl (C=O) groups is 1. The third kappa shape index (κ3) is 5.20. The first kappa shape index (κ1) is 19.6. The predicted molar refractivity (Wildman–Crippen MR) is 113 cm³/mol. The number of nitrogens with one attached hydrogen (secondary N) is 1. The summed E-state index contributed by atoms with van der Waals surface area (Å²) in [5.41, 5.74) is 2.37. The van der Waals surface area contributed by atoms with Crippen molar-refractivity contribution < 1.29 is 4.79 Å². The second-order valence-electron chi connectivity index (χ2n) is 7.90. The molecule has 0 aromatic heterocycles. The van der Waals surface area contributed by atoms with Crippen LogP contribution in [0.2, 0.25) is 0 Å². The van der Waals surface area contributed by atoms with Crippen molar-refractivity contribution in [3.8, 4) is 0 Å². The van der Waals surface area contributed by atoms with Crippen LogP contribution >= 0.6 is 0 Å². The van der Waals surface area contributed by atoms with Gasteiger partial charge >= 0.3 is 0 Å². The van der Waals surface area contributed by atoms with Gasteiger partial charge in [0.25, 0.3) is 0 Å². The fourth-order valence-electron chi connectivity index (χ4n) is 4.09. The van der Waals surface area contributed by atoms with E-state index in [1.807, 2.05) is 32.0 Å². The molecule has 1 saturated heterocycles. The second-order valence-corrected chi connectivity index (χ2v) is 7.90. The summed E-state index contributed by atoms with van der Waals surface area (Å²) in [6.07, 6.45) is 4.35. The van der Waals surface area contributed by atoms with Gasteiger partial charge in [0, 0.05) is 17.6 Å². The number of nitrogens with zero attached hydrogens (tertiary/aromatic N) is 1. The SMILES string of the molecule is CC(C)C(=O)N(c1ccccc1)C(CCc1ccccc1)C1CCCNC1. The molecule has 1 heterocycles. The predicted octanol–water partition coefficient (Wildman–Crippen LogP) is 4.68. The number of rotatable bonds is 7. The standard InChI is InChI=1S/C24H32N2O/c1-19(2)24(27)26(22-13-7-4-8-14-22)23(21-12-9-17-25-18-21)16-15-20-10-5-3-6-11-20/h3-8,10-11,13-14,19,21,23,25H,9,12,15-18H2,1-2H3. The maximum atomic E-state index is 13.2. The van der Waals surface area contributed by atoms with Gasteiger partial charge in [0.1, 0.15) is 0 Å². The molecule has 144 valence electrons. The Morgan fingerprint density at radius 1 is 1.07 bits per heavy atom. The number of piperidine rings is 1. The Balaban J connectivity index is 1.89. The van der Waals surface area contributed by atoms with Gasteiger partial charge in [-0.05, 0) is 62.4 Å². The molecule has 3 heteroatoms.